The van der Waals surface area contributed by atoms with Crippen molar-refractivity contribution in [3.63, 3.8) is 0 Å². The van der Waals surface area contributed by atoms with Crippen molar-refractivity contribution in [1.29, 1.82) is 0 Å². The fourth-order valence-electron chi connectivity index (χ4n) is 0.543. The molecule has 0 atom stereocenters. The van der Waals surface area contributed by atoms with Gasteiger partial charge in [0.1, 0.15) is 0 Å². The lowest BCUT2D eigenvalue weighted by atomic mass is 10.4. The molecule has 0 fully saturated rings. The number of allylic oxidation sites excluding steroid dienone is 1. The third-order valence-corrected chi connectivity index (χ3v) is 2.32. The average Bonchev–Trinajstić information content (AvgIpc) is 2.40. The summed E-state index contributed by atoms with van der Waals surface area (Å²) in [7, 11) is 0. The quantitative estimate of drug-likeness (QED) is 0.456. The molecule has 0 aliphatic carbocycles. The van der Waals surface area contributed by atoms with E-state index in [9.17, 15) is 4.79 Å². The van der Waals surface area contributed by atoms with Gasteiger partial charge < -0.3 is 0 Å². The fourth-order valence-corrected chi connectivity index (χ4v) is 1.76. The number of carbonyl (C=O) groups is 1. The summed E-state index contributed by atoms with van der Waals surface area (Å²) in [4.78, 5) is 11.3. The first-order chi connectivity index (χ1) is 4.83. The number of carbonyl (C=O) groups excluding carboxylic acids is 1. The Morgan fingerprint density at radius 2 is 2.50 bits per heavy atom. The normalized spacial score (nSPS) is 11.5. The monoisotopic (exact) mass is 264 g/mol. The van der Waals surface area contributed by atoms with Crippen molar-refractivity contribution in [1.82, 2.24) is 0 Å². The number of aldehydes is 1. The van der Waals surface area contributed by atoms with Crippen LogP contribution >= 0.6 is 33.9 Å². The smallest absolute Gasteiger partial charge is 0.156 e. The molecule has 52 valence electrons. The lowest BCUT2D eigenvalue weighted by Gasteiger charge is -1.81. The van der Waals surface area contributed by atoms with Crippen LogP contribution in [-0.2, 0) is 4.79 Å². The molecule has 0 aliphatic heterocycles. The molecule has 0 radical (unpaired) electrons. The number of rotatable bonds is 2. The first-order valence-electron chi connectivity index (χ1n) is 2.69. The Hall–Kier alpha value is -0.160. The van der Waals surface area contributed by atoms with Gasteiger partial charge in [0.2, 0.25) is 0 Å². The van der Waals surface area contributed by atoms with Crippen LogP contribution in [0, 0.1) is 0 Å². The number of thiophene rings is 1. The Morgan fingerprint density at radius 1 is 1.70 bits per heavy atom. The SMILES string of the molecule is O=C/C(I)=C/c1cccs1. The lowest BCUT2D eigenvalue weighted by molar-refractivity contribution is -0.104. The zero-order valence-corrected chi connectivity index (χ0v) is 8.06. The molecule has 1 aromatic heterocycles. The summed E-state index contributed by atoms with van der Waals surface area (Å²) >= 11 is 3.63. The summed E-state index contributed by atoms with van der Waals surface area (Å²) in [6.45, 7) is 0. The van der Waals surface area contributed by atoms with E-state index in [1.165, 1.54) is 0 Å². The van der Waals surface area contributed by atoms with Gasteiger partial charge in [-0.3, -0.25) is 4.79 Å². The molecule has 0 N–H and O–H groups in total. The second-order valence-electron chi connectivity index (χ2n) is 1.66. The first-order valence-corrected chi connectivity index (χ1v) is 4.64. The highest BCUT2D eigenvalue weighted by molar-refractivity contribution is 14.1. The molecule has 0 saturated carbocycles. The third-order valence-electron chi connectivity index (χ3n) is 0.936. The Balaban J connectivity index is 2.80. The van der Waals surface area contributed by atoms with Crippen molar-refractivity contribution in [3.8, 4) is 0 Å². The Labute approximate surface area is 76.9 Å². The fraction of sp³-hybridized carbons (Fsp3) is 0. The highest BCUT2D eigenvalue weighted by Crippen LogP contribution is 2.15. The Bertz CT molecular complexity index is 238. The van der Waals surface area contributed by atoms with Crippen LogP contribution in [0.1, 0.15) is 4.88 Å². The van der Waals surface area contributed by atoms with Crippen LogP contribution in [-0.4, -0.2) is 6.29 Å². The molecular formula is C7H5IOS. The van der Waals surface area contributed by atoms with Crippen molar-refractivity contribution < 1.29 is 4.79 Å². The van der Waals surface area contributed by atoms with Crippen molar-refractivity contribution in [3.05, 3.63) is 26.0 Å². The van der Waals surface area contributed by atoms with E-state index >= 15 is 0 Å². The van der Waals surface area contributed by atoms with Crippen LogP contribution in [0.25, 0.3) is 6.08 Å². The maximum atomic E-state index is 10.2. The molecule has 1 rings (SSSR count). The Morgan fingerprint density at radius 3 is 3.00 bits per heavy atom. The molecule has 0 aromatic carbocycles. The maximum absolute atomic E-state index is 10.2. The van der Waals surface area contributed by atoms with Gasteiger partial charge in [0.25, 0.3) is 0 Å². The second-order valence-corrected chi connectivity index (χ2v) is 3.89. The summed E-state index contributed by atoms with van der Waals surface area (Å²) in [5.74, 6) is 0. The number of halogens is 1. The molecule has 0 saturated heterocycles. The molecule has 0 unspecified atom stereocenters. The lowest BCUT2D eigenvalue weighted by Crippen LogP contribution is -1.67. The van der Waals surface area contributed by atoms with E-state index in [0.29, 0.717) is 0 Å². The molecule has 1 nitrogen and oxygen atoms in total. The van der Waals surface area contributed by atoms with E-state index in [-0.39, 0.29) is 0 Å². The molecule has 1 aromatic rings. The van der Waals surface area contributed by atoms with Gasteiger partial charge in [0, 0.05) is 4.88 Å². The van der Waals surface area contributed by atoms with E-state index in [1.807, 2.05) is 46.2 Å². The van der Waals surface area contributed by atoms with Crippen LogP contribution in [0.3, 0.4) is 0 Å². The average molecular weight is 264 g/mol. The van der Waals surface area contributed by atoms with Gasteiger partial charge in [-0.25, -0.2) is 0 Å². The summed E-state index contributed by atoms with van der Waals surface area (Å²) in [5.41, 5.74) is 0. The van der Waals surface area contributed by atoms with Gasteiger partial charge in [-0.05, 0) is 40.1 Å². The Kier molecular flexibility index (Phi) is 3.08. The molecule has 0 amide bonds. The van der Waals surface area contributed by atoms with Crippen molar-refractivity contribution >= 4 is 46.3 Å². The molecule has 10 heavy (non-hydrogen) atoms. The van der Waals surface area contributed by atoms with E-state index in [0.717, 1.165) is 14.7 Å². The van der Waals surface area contributed by atoms with Crippen LogP contribution in [0.2, 0.25) is 0 Å². The van der Waals surface area contributed by atoms with Crippen molar-refractivity contribution in [2.75, 3.05) is 0 Å². The summed E-state index contributed by atoms with van der Waals surface area (Å²) in [6, 6.07) is 3.94. The predicted molar refractivity (Wildman–Crippen MR) is 52.4 cm³/mol. The van der Waals surface area contributed by atoms with Crippen molar-refractivity contribution in [2.24, 2.45) is 0 Å². The summed E-state index contributed by atoms with van der Waals surface area (Å²) in [5, 5.41) is 1.99. The molecule has 0 bridgehead atoms. The van der Waals surface area contributed by atoms with Crippen LogP contribution in [0.15, 0.2) is 21.1 Å². The topological polar surface area (TPSA) is 17.1 Å². The molecule has 3 heteroatoms. The zero-order valence-electron chi connectivity index (χ0n) is 5.08. The van der Waals surface area contributed by atoms with Gasteiger partial charge in [-0.2, -0.15) is 0 Å². The minimum Gasteiger partial charge on any atom is -0.297 e. The number of hydrogen-bond acceptors (Lipinski definition) is 2. The van der Waals surface area contributed by atoms with Crippen LogP contribution < -0.4 is 0 Å². The van der Waals surface area contributed by atoms with E-state index in [4.69, 9.17) is 0 Å². The number of hydrogen-bond donors (Lipinski definition) is 0. The van der Waals surface area contributed by atoms with Crippen LogP contribution in [0.5, 0.6) is 0 Å². The van der Waals surface area contributed by atoms with Gasteiger partial charge in [-0.15, -0.1) is 11.3 Å². The molecule has 1 heterocycles. The second kappa shape index (κ2) is 3.88. The van der Waals surface area contributed by atoms with Gasteiger partial charge in [-0.1, -0.05) is 6.07 Å². The van der Waals surface area contributed by atoms with Gasteiger partial charge in [0.05, 0.1) is 3.58 Å². The maximum Gasteiger partial charge on any atom is 0.156 e. The van der Waals surface area contributed by atoms with E-state index in [2.05, 4.69) is 0 Å². The summed E-state index contributed by atoms with van der Waals surface area (Å²) in [6.07, 6.45) is 2.71. The standard InChI is InChI=1S/C7H5IOS/c8-6(5-9)4-7-2-1-3-10-7/h1-5H/b6-4-. The largest absolute Gasteiger partial charge is 0.297 e. The first kappa shape index (κ1) is 7.94. The minimum atomic E-state index is 0.736. The third kappa shape index (κ3) is 2.22. The van der Waals surface area contributed by atoms with E-state index in [1.54, 1.807) is 11.3 Å². The molecule has 0 spiro atoms. The van der Waals surface area contributed by atoms with Gasteiger partial charge >= 0.3 is 0 Å². The van der Waals surface area contributed by atoms with Gasteiger partial charge in [0.15, 0.2) is 6.29 Å². The predicted octanol–water partition coefficient (Wildman–Crippen LogP) is 2.72. The highest BCUT2D eigenvalue weighted by Gasteiger charge is 1.89. The molecular weight excluding hydrogens is 259 g/mol. The minimum absolute atomic E-state index is 0.736. The van der Waals surface area contributed by atoms with Crippen LogP contribution in [0.4, 0.5) is 0 Å². The van der Waals surface area contributed by atoms with E-state index < -0.39 is 0 Å². The highest BCUT2D eigenvalue weighted by atomic mass is 127. The van der Waals surface area contributed by atoms with Crippen molar-refractivity contribution in [2.45, 2.75) is 0 Å². The zero-order chi connectivity index (χ0) is 7.40. The summed E-state index contributed by atoms with van der Waals surface area (Å²) < 4.78 is 0.736. The molecule has 0 aliphatic rings.